The van der Waals surface area contributed by atoms with Gasteiger partial charge in [0.15, 0.2) is 0 Å². The molecule has 2 N–H and O–H groups in total. The van der Waals surface area contributed by atoms with E-state index in [1.165, 1.54) is 31.0 Å². The van der Waals surface area contributed by atoms with Crippen LogP contribution in [0, 0.1) is 0 Å². The Hall–Kier alpha value is -2.52. The number of hydrogen-bond acceptors (Lipinski definition) is 4. The highest BCUT2D eigenvalue weighted by Crippen LogP contribution is 2.31. The molecule has 2 aromatic rings. The molecule has 0 bridgehead atoms. The summed E-state index contributed by atoms with van der Waals surface area (Å²) in [5.41, 5.74) is -0.0663. The van der Waals surface area contributed by atoms with Gasteiger partial charge in [0.25, 0.3) is 5.91 Å². The Labute approximate surface area is 177 Å². The topological polar surface area (TPSA) is 67.4 Å². The summed E-state index contributed by atoms with van der Waals surface area (Å²) in [6.07, 6.45) is -4.45. The Morgan fingerprint density at radius 2 is 1.87 bits per heavy atom. The van der Waals surface area contributed by atoms with Gasteiger partial charge >= 0.3 is 6.18 Å². The standard InChI is InChI=1S/C21H23F3N2O3S/c1-14(15-6-5-7-16(12-15)21(22,23)24)26-20(28)17-8-3-4-9-18(17)30-13-19(27)25-10-11-29-2/h3-9,12,14H,10-11,13H2,1-2H3,(H,25,27)(H,26,28). The average Bonchev–Trinajstić information content (AvgIpc) is 2.72. The molecule has 5 nitrogen and oxygen atoms in total. The van der Waals surface area contributed by atoms with E-state index < -0.39 is 23.7 Å². The molecule has 2 amide bonds. The van der Waals surface area contributed by atoms with Crippen LogP contribution in [0.15, 0.2) is 53.4 Å². The summed E-state index contributed by atoms with van der Waals surface area (Å²) in [7, 11) is 1.54. The van der Waals surface area contributed by atoms with Gasteiger partial charge in [-0.2, -0.15) is 13.2 Å². The van der Waals surface area contributed by atoms with Gasteiger partial charge in [0.2, 0.25) is 5.91 Å². The second-order valence-electron chi connectivity index (χ2n) is 6.45. The van der Waals surface area contributed by atoms with Crippen molar-refractivity contribution in [3.8, 4) is 0 Å². The van der Waals surface area contributed by atoms with E-state index in [1.807, 2.05) is 0 Å². The van der Waals surface area contributed by atoms with E-state index >= 15 is 0 Å². The van der Waals surface area contributed by atoms with Crippen molar-refractivity contribution in [1.29, 1.82) is 0 Å². The van der Waals surface area contributed by atoms with Crippen LogP contribution in [0.5, 0.6) is 0 Å². The van der Waals surface area contributed by atoms with E-state index in [2.05, 4.69) is 10.6 Å². The van der Waals surface area contributed by atoms with Crippen molar-refractivity contribution < 1.29 is 27.5 Å². The summed E-state index contributed by atoms with van der Waals surface area (Å²) < 4.78 is 43.7. The Morgan fingerprint density at radius 1 is 1.13 bits per heavy atom. The molecule has 0 aliphatic carbocycles. The number of carbonyl (C=O) groups is 2. The molecule has 2 rings (SSSR count). The first-order chi connectivity index (χ1) is 14.2. The summed E-state index contributed by atoms with van der Waals surface area (Å²) in [6, 6.07) is 11.0. The normalized spacial score (nSPS) is 12.3. The van der Waals surface area contributed by atoms with Gasteiger partial charge in [0, 0.05) is 18.6 Å². The minimum atomic E-state index is -4.45. The number of carbonyl (C=O) groups excluding carboxylic acids is 2. The Kier molecular flexibility index (Phi) is 8.73. The molecule has 2 aromatic carbocycles. The van der Waals surface area contributed by atoms with Crippen LogP contribution in [-0.4, -0.2) is 37.8 Å². The molecule has 30 heavy (non-hydrogen) atoms. The maximum Gasteiger partial charge on any atom is 0.416 e. The van der Waals surface area contributed by atoms with Crippen LogP contribution in [-0.2, 0) is 15.7 Å². The number of methoxy groups -OCH3 is 1. The molecule has 0 aliphatic rings. The number of rotatable bonds is 9. The third-order valence-corrected chi connectivity index (χ3v) is 5.25. The average molecular weight is 440 g/mol. The van der Waals surface area contributed by atoms with Gasteiger partial charge < -0.3 is 15.4 Å². The molecule has 0 spiro atoms. The molecule has 162 valence electrons. The Morgan fingerprint density at radius 3 is 2.57 bits per heavy atom. The number of amides is 2. The van der Waals surface area contributed by atoms with Crippen molar-refractivity contribution in [2.45, 2.75) is 24.0 Å². The molecule has 0 aromatic heterocycles. The number of halogens is 3. The molecule has 9 heteroatoms. The quantitative estimate of drug-likeness (QED) is 0.456. The Bertz CT molecular complexity index is 875. The lowest BCUT2D eigenvalue weighted by molar-refractivity contribution is -0.137. The summed E-state index contributed by atoms with van der Waals surface area (Å²) >= 11 is 1.21. The number of nitrogens with one attached hydrogen (secondary N) is 2. The highest BCUT2D eigenvalue weighted by atomic mass is 32.2. The van der Waals surface area contributed by atoms with Crippen LogP contribution in [0.25, 0.3) is 0 Å². The predicted octanol–water partition coefficient (Wildman–Crippen LogP) is 4.05. The third kappa shape index (κ3) is 7.07. The largest absolute Gasteiger partial charge is 0.416 e. The molecule has 1 atom stereocenters. The second kappa shape index (κ2) is 11.0. The smallest absolute Gasteiger partial charge is 0.383 e. The second-order valence-corrected chi connectivity index (χ2v) is 7.46. The van der Waals surface area contributed by atoms with E-state index in [0.717, 1.165) is 12.1 Å². The summed E-state index contributed by atoms with van der Waals surface area (Å²) in [5, 5.41) is 5.42. The van der Waals surface area contributed by atoms with Gasteiger partial charge in [-0.25, -0.2) is 0 Å². The van der Waals surface area contributed by atoms with Gasteiger partial charge in [0.05, 0.1) is 29.5 Å². The van der Waals surface area contributed by atoms with Crippen molar-refractivity contribution in [3.63, 3.8) is 0 Å². The van der Waals surface area contributed by atoms with Crippen LogP contribution in [0.3, 0.4) is 0 Å². The Balaban J connectivity index is 2.04. The number of thioether (sulfide) groups is 1. The molecule has 0 heterocycles. The zero-order valence-corrected chi connectivity index (χ0v) is 17.4. The molecule has 0 saturated heterocycles. The minimum Gasteiger partial charge on any atom is -0.383 e. The van der Waals surface area contributed by atoms with Gasteiger partial charge in [-0.15, -0.1) is 11.8 Å². The molecule has 1 unspecified atom stereocenters. The van der Waals surface area contributed by atoms with Crippen LogP contribution in [0.4, 0.5) is 13.2 Å². The maximum absolute atomic E-state index is 12.9. The highest BCUT2D eigenvalue weighted by molar-refractivity contribution is 8.00. The first-order valence-electron chi connectivity index (χ1n) is 9.18. The predicted molar refractivity (Wildman–Crippen MR) is 109 cm³/mol. The molecular weight excluding hydrogens is 417 g/mol. The maximum atomic E-state index is 12.9. The summed E-state index contributed by atoms with van der Waals surface area (Å²) in [5.74, 6) is -0.496. The van der Waals surface area contributed by atoms with Crippen molar-refractivity contribution >= 4 is 23.6 Å². The zero-order chi connectivity index (χ0) is 22.1. The van der Waals surface area contributed by atoms with E-state index in [1.54, 1.807) is 31.2 Å². The molecule has 0 fully saturated rings. The number of hydrogen-bond donors (Lipinski definition) is 2. The van der Waals surface area contributed by atoms with Gasteiger partial charge in [0.1, 0.15) is 0 Å². The van der Waals surface area contributed by atoms with E-state index in [0.29, 0.717) is 29.2 Å². The number of ether oxygens (including phenoxy) is 1. The van der Waals surface area contributed by atoms with Crippen molar-refractivity contribution in [2.75, 3.05) is 26.0 Å². The fraction of sp³-hybridized carbons (Fsp3) is 0.333. The lowest BCUT2D eigenvalue weighted by Gasteiger charge is -2.17. The van der Waals surface area contributed by atoms with Crippen LogP contribution >= 0.6 is 11.8 Å². The third-order valence-electron chi connectivity index (χ3n) is 4.18. The fourth-order valence-electron chi connectivity index (χ4n) is 2.61. The highest BCUT2D eigenvalue weighted by Gasteiger charge is 2.30. The van der Waals surface area contributed by atoms with Crippen LogP contribution in [0.1, 0.15) is 34.5 Å². The number of benzene rings is 2. The van der Waals surface area contributed by atoms with Crippen LogP contribution in [0.2, 0.25) is 0 Å². The zero-order valence-electron chi connectivity index (χ0n) is 16.6. The van der Waals surface area contributed by atoms with Gasteiger partial charge in [-0.05, 0) is 36.8 Å². The molecule has 0 saturated carbocycles. The van der Waals surface area contributed by atoms with E-state index in [-0.39, 0.29) is 11.7 Å². The van der Waals surface area contributed by atoms with Gasteiger partial charge in [-0.3, -0.25) is 9.59 Å². The monoisotopic (exact) mass is 440 g/mol. The van der Waals surface area contributed by atoms with Crippen molar-refractivity contribution in [1.82, 2.24) is 10.6 Å². The first kappa shape index (κ1) is 23.8. The molecule has 0 radical (unpaired) electrons. The SMILES string of the molecule is COCCNC(=O)CSc1ccccc1C(=O)NC(C)c1cccc(C(F)(F)F)c1. The fourth-order valence-corrected chi connectivity index (χ4v) is 3.49. The number of alkyl halides is 3. The van der Waals surface area contributed by atoms with Crippen molar-refractivity contribution in [2.24, 2.45) is 0 Å². The lowest BCUT2D eigenvalue weighted by Crippen LogP contribution is -2.29. The molecule has 0 aliphatic heterocycles. The van der Waals surface area contributed by atoms with Crippen molar-refractivity contribution in [3.05, 3.63) is 65.2 Å². The van der Waals surface area contributed by atoms with Gasteiger partial charge in [-0.1, -0.05) is 24.3 Å². The lowest BCUT2D eigenvalue weighted by atomic mass is 10.0. The first-order valence-corrected chi connectivity index (χ1v) is 10.2. The van der Waals surface area contributed by atoms with Crippen LogP contribution < -0.4 is 10.6 Å². The molecular formula is C21H23F3N2O3S. The summed E-state index contributed by atoms with van der Waals surface area (Å²) in [6.45, 7) is 2.42. The minimum absolute atomic E-state index is 0.122. The summed E-state index contributed by atoms with van der Waals surface area (Å²) in [4.78, 5) is 25.2. The van der Waals surface area contributed by atoms with E-state index in [4.69, 9.17) is 4.74 Å². The van der Waals surface area contributed by atoms with E-state index in [9.17, 15) is 22.8 Å².